The van der Waals surface area contributed by atoms with Crippen LogP contribution in [0.25, 0.3) is 22.0 Å². The molecule has 1 aliphatic rings. The van der Waals surface area contributed by atoms with E-state index in [-0.39, 0.29) is 24.1 Å². The number of carbonyl (C=O) groups is 1. The van der Waals surface area contributed by atoms with Crippen LogP contribution in [-0.2, 0) is 9.47 Å². The predicted octanol–water partition coefficient (Wildman–Crippen LogP) is 3.82. The smallest absolute Gasteiger partial charge is 0.189 e. The molecule has 1 atom stereocenters. The Kier molecular flexibility index (Phi) is 6.15. The molecule has 1 N–H and O–H groups in total. The number of benzene rings is 2. The molecule has 1 aromatic heterocycles. The summed E-state index contributed by atoms with van der Waals surface area (Å²) in [7, 11) is 0. The second-order valence-electron chi connectivity index (χ2n) is 6.87. The molecule has 0 aliphatic carbocycles. The number of hydrogen-bond donors (Lipinski definition) is 1. The molecule has 0 radical (unpaired) electrons. The Balaban J connectivity index is 1.81. The average molecular weight is 411 g/mol. The monoisotopic (exact) mass is 411 g/mol. The van der Waals surface area contributed by atoms with Crippen molar-refractivity contribution in [3.8, 4) is 17.0 Å². The molecular weight excluding hydrogens is 389 g/mol. The van der Waals surface area contributed by atoms with Gasteiger partial charge in [-0.05, 0) is 25.5 Å². The van der Waals surface area contributed by atoms with E-state index in [2.05, 4.69) is 15.5 Å². The van der Waals surface area contributed by atoms with E-state index in [0.29, 0.717) is 43.2 Å². The minimum atomic E-state index is -0.751. The van der Waals surface area contributed by atoms with Crippen LogP contribution in [-0.4, -0.2) is 49.1 Å². The predicted molar refractivity (Wildman–Crippen MR) is 110 cm³/mol. The molecule has 0 spiro atoms. The van der Waals surface area contributed by atoms with Crippen LogP contribution in [0.5, 0.6) is 5.75 Å². The van der Waals surface area contributed by atoms with Crippen LogP contribution in [0.4, 0.5) is 10.2 Å². The highest BCUT2D eigenvalue weighted by Gasteiger charge is 2.22. The number of hydrogen-bond acceptors (Lipinski definition) is 7. The Morgan fingerprint density at radius 2 is 2.07 bits per heavy atom. The third kappa shape index (κ3) is 3.96. The van der Waals surface area contributed by atoms with Gasteiger partial charge >= 0.3 is 0 Å². The first-order chi connectivity index (χ1) is 14.7. The summed E-state index contributed by atoms with van der Waals surface area (Å²) in [5.74, 6) is -0.192. The van der Waals surface area contributed by atoms with Gasteiger partial charge in [0.25, 0.3) is 0 Å². The number of carbonyl (C=O) groups excluding carboxylic acids is 1. The highest BCUT2D eigenvalue weighted by Crippen LogP contribution is 2.37. The van der Waals surface area contributed by atoms with E-state index in [0.717, 1.165) is 17.2 Å². The molecule has 7 nitrogen and oxygen atoms in total. The summed E-state index contributed by atoms with van der Waals surface area (Å²) >= 11 is 0. The van der Waals surface area contributed by atoms with Gasteiger partial charge in [0.05, 0.1) is 18.2 Å². The molecule has 156 valence electrons. The highest BCUT2D eigenvalue weighted by molar-refractivity contribution is 6.01. The van der Waals surface area contributed by atoms with Gasteiger partial charge in [0.15, 0.2) is 30.5 Å². The van der Waals surface area contributed by atoms with Crippen LogP contribution < -0.4 is 10.1 Å². The second-order valence-corrected chi connectivity index (χ2v) is 6.87. The minimum Gasteiger partial charge on any atom is -0.464 e. The van der Waals surface area contributed by atoms with E-state index in [4.69, 9.17) is 14.2 Å². The summed E-state index contributed by atoms with van der Waals surface area (Å²) in [6.45, 7) is 3.41. The fraction of sp³-hybridized carbons (Fsp3) is 0.318. The number of ether oxygens (including phenoxy) is 3. The van der Waals surface area contributed by atoms with E-state index < -0.39 is 5.82 Å². The zero-order valence-corrected chi connectivity index (χ0v) is 16.6. The number of aldehydes is 1. The summed E-state index contributed by atoms with van der Waals surface area (Å²) in [5, 5.41) is 13.8. The minimum absolute atomic E-state index is 0.0857. The quantitative estimate of drug-likeness (QED) is 0.343. The van der Waals surface area contributed by atoms with Crippen LogP contribution in [0.1, 0.15) is 23.7 Å². The van der Waals surface area contributed by atoms with Crippen molar-refractivity contribution in [3.63, 3.8) is 0 Å². The highest BCUT2D eigenvalue weighted by atomic mass is 19.1. The molecule has 1 fully saturated rings. The fourth-order valence-corrected chi connectivity index (χ4v) is 3.42. The number of nitrogens with one attached hydrogen (secondary N) is 1. The normalized spacial score (nSPS) is 16.0. The molecule has 2 heterocycles. The first kappa shape index (κ1) is 20.2. The van der Waals surface area contributed by atoms with Crippen molar-refractivity contribution in [1.82, 2.24) is 10.2 Å². The number of rotatable bonds is 8. The molecule has 4 rings (SSSR count). The lowest BCUT2D eigenvalue weighted by atomic mass is 10.0. The van der Waals surface area contributed by atoms with Gasteiger partial charge in [-0.15, -0.1) is 10.2 Å². The summed E-state index contributed by atoms with van der Waals surface area (Å²) in [5.41, 5.74) is 0.765. The SMILES string of the molecule is CCOCOc1c(-c2nnc(NC3CCOC3)c3ccccc23)ccc(C=O)c1F. The summed E-state index contributed by atoms with van der Waals surface area (Å²) in [6.07, 6.45) is 1.35. The van der Waals surface area contributed by atoms with Gasteiger partial charge in [-0.25, -0.2) is 4.39 Å². The molecule has 0 amide bonds. The fourth-order valence-electron chi connectivity index (χ4n) is 3.42. The number of aromatic nitrogens is 2. The van der Waals surface area contributed by atoms with Gasteiger partial charge in [0.2, 0.25) is 0 Å². The molecule has 0 bridgehead atoms. The standard InChI is InChI=1S/C22H22FN3O4/c1-2-28-13-30-21-18(8-7-14(11-27)19(21)23)20-16-5-3-4-6-17(16)22(26-25-20)24-15-9-10-29-12-15/h3-8,11,15H,2,9-10,12-13H2,1H3,(H,24,26). The van der Waals surface area contributed by atoms with E-state index in [1.165, 1.54) is 6.07 Å². The number of halogens is 1. The molecular formula is C22H22FN3O4. The summed E-state index contributed by atoms with van der Waals surface area (Å²) < 4.78 is 31.1. The van der Waals surface area contributed by atoms with Crippen molar-refractivity contribution >= 4 is 22.9 Å². The topological polar surface area (TPSA) is 82.6 Å². The van der Waals surface area contributed by atoms with Crippen LogP contribution in [0.3, 0.4) is 0 Å². The molecule has 30 heavy (non-hydrogen) atoms. The molecule has 0 saturated carbocycles. The Bertz CT molecular complexity index is 1050. The van der Waals surface area contributed by atoms with Crippen molar-refractivity contribution in [1.29, 1.82) is 0 Å². The number of anilines is 1. The maximum atomic E-state index is 14.9. The first-order valence-corrected chi connectivity index (χ1v) is 9.81. The van der Waals surface area contributed by atoms with Gasteiger partial charge in [0, 0.05) is 29.5 Å². The van der Waals surface area contributed by atoms with Crippen LogP contribution in [0.15, 0.2) is 36.4 Å². The molecule has 1 unspecified atom stereocenters. The van der Waals surface area contributed by atoms with Crippen LogP contribution in [0.2, 0.25) is 0 Å². The van der Waals surface area contributed by atoms with E-state index in [1.807, 2.05) is 31.2 Å². The zero-order chi connectivity index (χ0) is 20.9. The van der Waals surface area contributed by atoms with E-state index in [9.17, 15) is 9.18 Å². The zero-order valence-electron chi connectivity index (χ0n) is 16.6. The number of nitrogens with zero attached hydrogens (tertiary/aromatic N) is 2. The van der Waals surface area contributed by atoms with Gasteiger partial charge in [-0.2, -0.15) is 0 Å². The molecule has 3 aromatic rings. The van der Waals surface area contributed by atoms with Crippen LogP contribution in [0, 0.1) is 5.82 Å². The Morgan fingerprint density at radius 3 is 2.80 bits per heavy atom. The van der Waals surface area contributed by atoms with Gasteiger partial charge < -0.3 is 19.5 Å². The molecule has 1 aliphatic heterocycles. The van der Waals surface area contributed by atoms with Crippen molar-refractivity contribution in [2.45, 2.75) is 19.4 Å². The summed E-state index contributed by atoms with van der Waals surface area (Å²) in [6, 6.07) is 10.8. The lowest BCUT2D eigenvalue weighted by molar-refractivity contribution is 0.0204. The van der Waals surface area contributed by atoms with Crippen molar-refractivity contribution < 1.29 is 23.4 Å². The van der Waals surface area contributed by atoms with Crippen molar-refractivity contribution in [3.05, 3.63) is 47.8 Å². The maximum Gasteiger partial charge on any atom is 0.189 e. The molecule has 8 heteroatoms. The number of fused-ring (bicyclic) bond motifs is 1. The molecule has 1 saturated heterocycles. The van der Waals surface area contributed by atoms with Gasteiger partial charge in [0.1, 0.15) is 5.69 Å². The lowest BCUT2D eigenvalue weighted by Gasteiger charge is -2.17. The lowest BCUT2D eigenvalue weighted by Crippen LogP contribution is -2.20. The van der Waals surface area contributed by atoms with Crippen LogP contribution >= 0.6 is 0 Å². The van der Waals surface area contributed by atoms with Crippen molar-refractivity contribution in [2.75, 3.05) is 31.9 Å². The van der Waals surface area contributed by atoms with Gasteiger partial charge in [-0.3, -0.25) is 4.79 Å². The first-order valence-electron chi connectivity index (χ1n) is 9.81. The Hall–Kier alpha value is -3.10. The largest absolute Gasteiger partial charge is 0.464 e. The Morgan fingerprint density at radius 1 is 1.23 bits per heavy atom. The van der Waals surface area contributed by atoms with Crippen molar-refractivity contribution in [2.24, 2.45) is 0 Å². The third-order valence-electron chi connectivity index (χ3n) is 4.96. The Labute approximate surface area is 173 Å². The maximum absolute atomic E-state index is 14.9. The van der Waals surface area contributed by atoms with E-state index >= 15 is 0 Å². The second kappa shape index (κ2) is 9.15. The molecule has 2 aromatic carbocycles. The summed E-state index contributed by atoms with van der Waals surface area (Å²) in [4.78, 5) is 11.2. The average Bonchev–Trinajstić information content (AvgIpc) is 3.28. The van der Waals surface area contributed by atoms with Gasteiger partial charge in [-0.1, -0.05) is 24.3 Å². The third-order valence-corrected chi connectivity index (χ3v) is 4.96. The van der Waals surface area contributed by atoms with E-state index in [1.54, 1.807) is 6.07 Å².